The number of hydrogen-bond donors (Lipinski definition) is 3. The second kappa shape index (κ2) is 9.60. The van der Waals surface area contributed by atoms with Crippen LogP contribution in [0.3, 0.4) is 0 Å². The second-order valence-electron chi connectivity index (χ2n) is 4.52. The van der Waals surface area contributed by atoms with E-state index in [1.54, 1.807) is 0 Å². The van der Waals surface area contributed by atoms with Crippen LogP contribution in [0.5, 0.6) is 0 Å². The number of fused-ring (bicyclic) bond motifs is 1. The lowest BCUT2D eigenvalue weighted by Crippen LogP contribution is -2.30. The number of nitrogens with zero attached hydrogens (tertiary/aromatic N) is 1. The van der Waals surface area contributed by atoms with E-state index in [4.69, 9.17) is 0 Å². The molecular formula is C14H22Cl2N4O. The van der Waals surface area contributed by atoms with Gasteiger partial charge < -0.3 is 15.6 Å². The summed E-state index contributed by atoms with van der Waals surface area (Å²) in [6.45, 7) is 2.72. The first-order valence-electron chi connectivity index (χ1n) is 6.63. The molecule has 0 aliphatic carbocycles. The van der Waals surface area contributed by atoms with Gasteiger partial charge in [-0.05, 0) is 25.6 Å². The van der Waals surface area contributed by atoms with Crippen molar-refractivity contribution in [2.75, 3.05) is 13.6 Å². The van der Waals surface area contributed by atoms with E-state index in [2.05, 4.69) is 20.6 Å². The third kappa shape index (κ3) is 5.19. The van der Waals surface area contributed by atoms with Crippen molar-refractivity contribution < 1.29 is 4.79 Å². The first kappa shape index (κ1) is 19.7. The fourth-order valence-electron chi connectivity index (χ4n) is 2.01. The minimum atomic E-state index is -0.0586. The van der Waals surface area contributed by atoms with Gasteiger partial charge in [-0.1, -0.05) is 19.1 Å². The van der Waals surface area contributed by atoms with Crippen LogP contribution in [0.1, 0.15) is 31.6 Å². The molecule has 0 saturated carbocycles. The average Bonchev–Trinajstić information content (AvgIpc) is 2.86. The molecule has 1 heterocycles. The van der Waals surface area contributed by atoms with Crippen LogP contribution in [0, 0.1) is 0 Å². The summed E-state index contributed by atoms with van der Waals surface area (Å²) < 4.78 is 0. The fraction of sp³-hybridized carbons (Fsp3) is 0.429. The number of nitrogens with one attached hydrogen (secondary N) is 3. The van der Waals surface area contributed by atoms with Crippen LogP contribution < -0.4 is 10.6 Å². The summed E-state index contributed by atoms with van der Waals surface area (Å²) in [5.74, 6) is 0.864. The summed E-state index contributed by atoms with van der Waals surface area (Å²) in [5.41, 5.74) is 1.93. The van der Waals surface area contributed by atoms with E-state index in [1.807, 2.05) is 38.2 Å². The van der Waals surface area contributed by atoms with Crippen molar-refractivity contribution in [3.8, 4) is 0 Å². The Morgan fingerprint density at radius 1 is 1.33 bits per heavy atom. The smallest absolute Gasteiger partial charge is 0.221 e. The Bertz CT molecular complexity index is 526. The van der Waals surface area contributed by atoms with Gasteiger partial charge in [-0.3, -0.25) is 4.79 Å². The SMILES string of the molecule is CCC(NC(=O)CCNC)c1nc2ccccc2[nH]1.Cl.Cl. The highest BCUT2D eigenvalue weighted by molar-refractivity contribution is 5.85. The highest BCUT2D eigenvalue weighted by atomic mass is 35.5. The van der Waals surface area contributed by atoms with E-state index in [-0.39, 0.29) is 36.8 Å². The molecule has 1 unspecified atom stereocenters. The number of benzene rings is 1. The summed E-state index contributed by atoms with van der Waals surface area (Å²) in [6.07, 6.45) is 1.29. The minimum absolute atomic E-state index is 0. The van der Waals surface area contributed by atoms with Crippen molar-refractivity contribution in [1.82, 2.24) is 20.6 Å². The number of amides is 1. The van der Waals surface area contributed by atoms with E-state index in [0.717, 1.165) is 23.3 Å². The molecule has 1 amide bonds. The Labute approximate surface area is 137 Å². The molecule has 7 heteroatoms. The number of carbonyl (C=O) groups excluding carboxylic acids is 1. The predicted molar refractivity (Wildman–Crippen MR) is 90.3 cm³/mol. The van der Waals surface area contributed by atoms with Gasteiger partial charge in [-0.2, -0.15) is 0 Å². The Hall–Kier alpha value is -1.30. The Balaban J connectivity index is 0.00000200. The molecule has 2 rings (SSSR count). The maximum absolute atomic E-state index is 11.8. The summed E-state index contributed by atoms with van der Waals surface area (Å²) in [4.78, 5) is 19.6. The molecule has 0 radical (unpaired) electrons. The van der Waals surface area contributed by atoms with E-state index in [0.29, 0.717) is 13.0 Å². The van der Waals surface area contributed by atoms with Crippen molar-refractivity contribution in [3.63, 3.8) is 0 Å². The number of aromatic nitrogens is 2. The largest absolute Gasteiger partial charge is 0.346 e. The number of hydrogen-bond acceptors (Lipinski definition) is 3. The first-order valence-corrected chi connectivity index (χ1v) is 6.63. The van der Waals surface area contributed by atoms with Crippen LogP contribution in [0.15, 0.2) is 24.3 Å². The quantitative estimate of drug-likeness (QED) is 0.761. The van der Waals surface area contributed by atoms with Gasteiger partial charge in [0.1, 0.15) is 5.82 Å². The van der Waals surface area contributed by atoms with E-state index < -0.39 is 0 Å². The molecule has 0 bridgehead atoms. The lowest BCUT2D eigenvalue weighted by molar-refractivity contribution is -0.121. The zero-order chi connectivity index (χ0) is 13.7. The highest BCUT2D eigenvalue weighted by Crippen LogP contribution is 2.18. The number of aromatic amines is 1. The molecule has 0 fully saturated rings. The molecule has 0 spiro atoms. The Kier molecular flexibility index (Phi) is 9.01. The zero-order valence-corrected chi connectivity index (χ0v) is 13.8. The van der Waals surface area contributed by atoms with E-state index in [9.17, 15) is 4.79 Å². The lowest BCUT2D eigenvalue weighted by atomic mass is 10.2. The maximum Gasteiger partial charge on any atom is 0.221 e. The number of para-hydroxylation sites is 2. The zero-order valence-electron chi connectivity index (χ0n) is 12.2. The van der Waals surface area contributed by atoms with Crippen LogP contribution in [0.25, 0.3) is 11.0 Å². The predicted octanol–water partition coefficient (Wildman–Crippen LogP) is 2.58. The van der Waals surface area contributed by atoms with Crippen molar-refractivity contribution in [2.24, 2.45) is 0 Å². The summed E-state index contributed by atoms with van der Waals surface area (Å²) in [5, 5.41) is 5.97. The van der Waals surface area contributed by atoms with Gasteiger partial charge in [0.25, 0.3) is 0 Å². The normalized spacial score (nSPS) is 11.3. The number of carbonyl (C=O) groups is 1. The first-order chi connectivity index (χ1) is 9.24. The van der Waals surface area contributed by atoms with E-state index >= 15 is 0 Å². The van der Waals surface area contributed by atoms with Crippen molar-refractivity contribution in [3.05, 3.63) is 30.1 Å². The van der Waals surface area contributed by atoms with Gasteiger partial charge in [0.05, 0.1) is 17.1 Å². The summed E-state index contributed by atoms with van der Waals surface area (Å²) in [6, 6.07) is 7.82. The third-order valence-corrected chi connectivity index (χ3v) is 3.08. The summed E-state index contributed by atoms with van der Waals surface area (Å²) >= 11 is 0. The molecule has 3 N–H and O–H groups in total. The molecule has 1 atom stereocenters. The number of H-pyrrole nitrogens is 1. The number of halogens is 2. The van der Waals surface area contributed by atoms with E-state index in [1.165, 1.54) is 0 Å². The molecule has 5 nitrogen and oxygen atoms in total. The van der Waals surface area contributed by atoms with Gasteiger partial charge >= 0.3 is 0 Å². The van der Waals surface area contributed by atoms with Gasteiger partial charge in [0.15, 0.2) is 0 Å². The number of rotatable bonds is 6. The van der Waals surface area contributed by atoms with Crippen LogP contribution >= 0.6 is 24.8 Å². The molecule has 0 saturated heterocycles. The van der Waals surface area contributed by atoms with Crippen LogP contribution in [-0.2, 0) is 4.79 Å². The molecule has 1 aromatic heterocycles. The van der Waals surface area contributed by atoms with Crippen molar-refractivity contribution in [2.45, 2.75) is 25.8 Å². The third-order valence-electron chi connectivity index (χ3n) is 3.08. The van der Waals surface area contributed by atoms with Gasteiger partial charge in [0, 0.05) is 13.0 Å². The van der Waals surface area contributed by atoms with Crippen LogP contribution in [0.2, 0.25) is 0 Å². The van der Waals surface area contributed by atoms with Crippen molar-refractivity contribution >= 4 is 41.8 Å². The van der Waals surface area contributed by atoms with Gasteiger partial charge in [-0.25, -0.2) is 4.98 Å². The minimum Gasteiger partial charge on any atom is -0.346 e. The molecule has 118 valence electrons. The molecule has 21 heavy (non-hydrogen) atoms. The van der Waals surface area contributed by atoms with Gasteiger partial charge in [0.2, 0.25) is 5.91 Å². The molecule has 1 aromatic carbocycles. The molecule has 2 aromatic rings. The molecular weight excluding hydrogens is 311 g/mol. The Morgan fingerprint density at radius 2 is 2.05 bits per heavy atom. The van der Waals surface area contributed by atoms with Crippen LogP contribution in [-0.4, -0.2) is 29.5 Å². The standard InChI is InChI=1S/C14H20N4O.2ClH/c1-3-10(16-13(19)8-9-15-2)14-17-11-6-4-5-7-12(11)18-14;;/h4-7,10,15H,3,8-9H2,1-2H3,(H,16,19)(H,17,18);2*1H. The maximum atomic E-state index is 11.8. The fourth-order valence-corrected chi connectivity index (χ4v) is 2.01. The van der Waals surface area contributed by atoms with Gasteiger partial charge in [-0.15, -0.1) is 24.8 Å². The Morgan fingerprint density at radius 3 is 2.67 bits per heavy atom. The monoisotopic (exact) mass is 332 g/mol. The topological polar surface area (TPSA) is 69.8 Å². The lowest BCUT2D eigenvalue weighted by Gasteiger charge is -2.14. The van der Waals surface area contributed by atoms with Crippen molar-refractivity contribution in [1.29, 1.82) is 0 Å². The molecule has 0 aliphatic rings. The highest BCUT2D eigenvalue weighted by Gasteiger charge is 2.15. The summed E-state index contributed by atoms with van der Waals surface area (Å²) in [7, 11) is 1.84. The van der Waals surface area contributed by atoms with Crippen LogP contribution in [0.4, 0.5) is 0 Å². The number of imidazole rings is 1. The second-order valence-corrected chi connectivity index (χ2v) is 4.52. The molecule has 0 aliphatic heterocycles. The average molecular weight is 333 g/mol.